The molecule has 5 rings (SSSR count). The standard InChI is InChI=1S/C27H25F3N2O2S/c28-27(29,30)17-12-10-16(11-13-17)19-14-24(34)32(21-7-5-8-22(33)25(19)21)26-20(15-31)18-6-3-1-2-4-9-23(18)35-26/h10-13,19H,1-9,14H2/t19-/m0/s1. The molecule has 1 atom stereocenters. The molecule has 3 aliphatic rings. The average molecular weight is 499 g/mol. The van der Waals surface area contributed by atoms with E-state index in [0.29, 0.717) is 46.7 Å². The molecular weight excluding hydrogens is 473 g/mol. The molecule has 0 spiro atoms. The summed E-state index contributed by atoms with van der Waals surface area (Å²) < 4.78 is 39.2. The van der Waals surface area contributed by atoms with E-state index in [1.165, 1.54) is 23.5 Å². The quantitative estimate of drug-likeness (QED) is 0.456. The van der Waals surface area contributed by atoms with Crippen molar-refractivity contribution in [1.82, 2.24) is 0 Å². The normalized spacial score (nSPS) is 21.2. The smallest absolute Gasteiger partial charge is 0.294 e. The molecule has 1 amide bonds. The van der Waals surface area contributed by atoms with Crippen molar-refractivity contribution in [2.75, 3.05) is 4.90 Å². The Hall–Kier alpha value is -2.92. The number of hydrogen-bond donors (Lipinski definition) is 0. The number of alkyl halides is 3. The number of allylic oxidation sites excluding steroid dienone is 2. The number of nitrogens with zero attached hydrogens (tertiary/aromatic N) is 2. The van der Waals surface area contributed by atoms with Gasteiger partial charge in [-0.15, -0.1) is 11.3 Å². The van der Waals surface area contributed by atoms with Gasteiger partial charge in [0.2, 0.25) is 5.91 Å². The van der Waals surface area contributed by atoms with E-state index < -0.39 is 17.7 Å². The molecule has 1 aliphatic heterocycles. The van der Waals surface area contributed by atoms with Crippen LogP contribution in [0.5, 0.6) is 0 Å². The SMILES string of the molecule is N#Cc1c(N2C(=O)C[C@@H](c3ccc(C(F)(F)F)cc3)C3=C2CCCC3=O)sc2c1CCCCCC2. The lowest BCUT2D eigenvalue weighted by Gasteiger charge is -2.38. The summed E-state index contributed by atoms with van der Waals surface area (Å²) in [5.74, 6) is -0.855. The summed E-state index contributed by atoms with van der Waals surface area (Å²) in [6.07, 6.45) is 3.05. The molecule has 1 aromatic carbocycles. The van der Waals surface area contributed by atoms with Crippen LogP contribution in [0.25, 0.3) is 0 Å². The Morgan fingerprint density at radius 2 is 1.66 bits per heavy atom. The molecule has 0 saturated heterocycles. The van der Waals surface area contributed by atoms with Gasteiger partial charge in [0.25, 0.3) is 0 Å². The van der Waals surface area contributed by atoms with Crippen LogP contribution in [-0.4, -0.2) is 11.7 Å². The first kappa shape index (κ1) is 23.8. The zero-order valence-electron chi connectivity index (χ0n) is 19.2. The maximum absolute atomic E-state index is 13.6. The minimum Gasteiger partial charge on any atom is -0.294 e. The highest BCUT2D eigenvalue weighted by atomic mass is 32.1. The van der Waals surface area contributed by atoms with Crippen molar-refractivity contribution in [2.24, 2.45) is 0 Å². The first-order chi connectivity index (χ1) is 16.8. The van der Waals surface area contributed by atoms with Gasteiger partial charge in [0.05, 0.1) is 11.1 Å². The van der Waals surface area contributed by atoms with Crippen LogP contribution < -0.4 is 4.90 Å². The third kappa shape index (κ3) is 4.31. The van der Waals surface area contributed by atoms with Crippen LogP contribution in [0.3, 0.4) is 0 Å². The number of benzene rings is 1. The number of aryl methyl sites for hydroxylation is 1. The van der Waals surface area contributed by atoms with Gasteiger partial charge in [0.1, 0.15) is 11.1 Å². The Balaban J connectivity index is 1.61. The number of hydrogen-bond acceptors (Lipinski definition) is 4. The maximum atomic E-state index is 13.6. The minimum atomic E-state index is -4.45. The van der Waals surface area contributed by atoms with Crippen LogP contribution in [0.4, 0.5) is 18.2 Å². The van der Waals surface area contributed by atoms with Crippen LogP contribution in [0.2, 0.25) is 0 Å². The molecule has 182 valence electrons. The van der Waals surface area contributed by atoms with Crippen molar-refractivity contribution < 1.29 is 22.8 Å². The third-order valence-corrected chi connectivity index (χ3v) is 8.56. The first-order valence-corrected chi connectivity index (χ1v) is 12.9. The molecule has 0 bridgehead atoms. The third-order valence-electron chi connectivity index (χ3n) is 7.28. The molecule has 2 heterocycles. The maximum Gasteiger partial charge on any atom is 0.416 e. The Bertz CT molecular complexity index is 1250. The summed E-state index contributed by atoms with van der Waals surface area (Å²) in [5, 5.41) is 10.7. The second-order valence-corrected chi connectivity index (χ2v) is 10.5. The lowest BCUT2D eigenvalue weighted by atomic mass is 9.77. The van der Waals surface area contributed by atoms with Crippen LogP contribution in [0.15, 0.2) is 35.5 Å². The summed E-state index contributed by atoms with van der Waals surface area (Å²) in [6, 6.07) is 7.11. The number of fused-ring (bicyclic) bond motifs is 1. The Morgan fingerprint density at radius 3 is 2.34 bits per heavy atom. The van der Waals surface area contributed by atoms with E-state index >= 15 is 0 Å². The molecule has 0 radical (unpaired) electrons. The van der Waals surface area contributed by atoms with Crippen molar-refractivity contribution >= 4 is 28.0 Å². The Morgan fingerprint density at radius 1 is 0.943 bits per heavy atom. The molecule has 4 nitrogen and oxygen atoms in total. The van der Waals surface area contributed by atoms with Gasteiger partial charge in [-0.25, -0.2) is 0 Å². The highest BCUT2D eigenvalue weighted by Gasteiger charge is 2.42. The summed E-state index contributed by atoms with van der Waals surface area (Å²) in [4.78, 5) is 29.5. The number of carbonyl (C=O) groups is 2. The van der Waals surface area contributed by atoms with Gasteiger partial charge in [-0.2, -0.15) is 18.4 Å². The highest BCUT2D eigenvalue weighted by molar-refractivity contribution is 7.16. The number of amides is 1. The fourth-order valence-electron chi connectivity index (χ4n) is 5.60. The number of carbonyl (C=O) groups excluding carboxylic acids is 2. The van der Waals surface area contributed by atoms with Crippen LogP contribution in [0.1, 0.15) is 84.4 Å². The van der Waals surface area contributed by atoms with Gasteiger partial charge >= 0.3 is 6.18 Å². The van der Waals surface area contributed by atoms with Crippen molar-refractivity contribution in [2.45, 2.75) is 76.3 Å². The molecule has 8 heteroatoms. The predicted octanol–water partition coefficient (Wildman–Crippen LogP) is 6.83. The second kappa shape index (κ2) is 9.27. The van der Waals surface area contributed by atoms with E-state index in [-0.39, 0.29) is 18.1 Å². The number of halogens is 3. The minimum absolute atomic E-state index is 0.0105. The largest absolute Gasteiger partial charge is 0.416 e. The molecule has 0 fully saturated rings. The zero-order valence-corrected chi connectivity index (χ0v) is 20.0. The summed E-state index contributed by atoms with van der Waals surface area (Å²) >= 11 is 1.49. The van der Waals surface area contributed by atoms with Gasteiger partial charge in [-0.3, -0.25) is 14.5 Å². The van der Waals surface area contributed by atoms with Crippen LogP contribution >= 0.6 is 11.3 Å². The topological polar surface area (TPSA) is 61.2 Å². The molecule has 0 saturated carbocycles. The number of nitriles is 1. The summed E-state index contributed by atoms with van der Waals surface area (Å²) in [5.41, 5.74) is 2.48. The van der Waals surface area contributed by atoms with Crippen molar-refractivity contribution in [3.05, 3.63) is 62.7 Å². The monoisotopic (exact) mass is 498 g/mol. The number of Topliss-reactive ketones (excluding diaryl/α,β-unsaturated/α-hetero) is 1. The zero-order chi connectivity index (χ0) is 24.7. The van der Waals surface area contributed by atoms with E-state index in [9.17, 15) is 28.0 Å². The molecule has 1 aromatic heterocycles. The lowest BCUT2D eigenvalue weighted by molar-refractivity contribution is -0.137. The summed E-state index contributed by atoms with van der Waals surface area (Å²) in [7, 11) is 0. The predicted molar refractivity (Wildman–Crippen MR) is 127 cm³/mol. The molecule has 35 heavy (non-hydrogen) atoms. The Labute approximate surface area is 206 Å². The molecule has 2 aliphatic carbocycles. The van der Waals surface area contributed by atoms with E-state index in [2.05, 4.69) is 6.07 Å². The number of thiophene rings is 1. The van der Waals surface area contributed by atoms with Gasteiger partial charge in [0.15, 0.2) is 5.78 Å². The van der Waals surface area contributed by atoms with Crippen molar-refractivity contribution in [3.63, 3.8) is 0 Å². The van der Waals surface area contributed by atoms with Gasteiger partial charge < -0.3 is 0 Å². The van der Waals surface area contributed by atoms with E-state index in [4.69, 9.17) is 0 Å². The molecular formula is C27H25F3N2O2S. The van der Waals surface area contributed by atoms with Crippen molar-refractivity contribution in [3.8, 4) is 6.07 Å². The van der Waals surface area contributed by atoms with Crippen molar-refractivity contribution in [1.29, 1.82) is 5.26 Å². The van der Waals surface area contributed by atoms with Crippen LogP contribution in [-0.2, 0) is 28.6 Å². The van der Waals surface area contributed by atoms with Gasteiger partial charge in [0, 0.05) is 34.9 Å². The second-order valence-electron chi connectivity index (χ2n) is 9.45. The average Bonchev–Trinajstić information content (AvgIpc) is 3.13. The number of ketones is 1. The molecule has 0 unspecified atom stereocenters. The lowest BCUT2D eigenvalue weighted by Crippen LogP contribution is -2.40. The Kier molecular flexibility index (Phi) is 6.30. The molecule has 2 aromatic rings. The number of anilines is 1. The fraction of sp³-hybridized carbons (Fsp3) is 0.444. The molecule has 0 N–H and O–H groups in total. The van der Waals surface area contributed by atoms with E-state index in [0.717, 1.165) is 61.1 Å². The van der Waals surface area contributed by atoms with Gasteiger partial charge in [-0.1, -0.05) is 25.0 Å². The first-order valence-electron chi connectivity index (χ1n) is 12.1. The highest BCUT2D eigenvalue weighted by Crippen LogP contribution is 2.48. The van der Waals surface area contributed by atoms with Crippen LogP contribution in [0, 0.1) is 11.3 Å². The van der Waals surface area contributed by atoms with E-state index in [1.54, 1.807) is 4.90 Å². The van der Waals surface area contributed by atoms with E-state index in [1.807, 2.05) is 0 Å². The number of rotatable bonds is 2. The fourth-order valence-corrected chi connectivity index (χ4v) is 6.98. The summed E-state index contributed by atoms with van der Waals surface area (Å²) in [6.45, 7) is 0. The van der Waals surface area contributed by atoms with Gasteiger partial charge in [-0.05, 0) is 61.8 Å².